The number of benzene rings is 3. The molecule has 0 aliphatic carbocycles. The van der Waals surface area contributed by atoms with Crippen LogP contribution in [-0.2, 0) is 22.5 Å². The molecule has 35 heavy (non-hydrogen) atoms. The summed E-state index contributed by atoms with van der Waals surface area (Å²) in [5, 5.41) is 17.7. The van der Waals surface area contributed by atoms with Gasteiger partial charge >= 0.3 is 5.97 Å². The molecule has 1 aromatic heterocycles. The molecule has 0 amide bonds. The van der Waals surface area contributed by atoms with E-state index in [4.69, 9.17) is 14.7 Å². The molecule has 0 atom stereocenters. The Labute approximate surface area is 209 Å². The molecule has 4 rings (SSSR count). The van der Waals surface area contributed by atoms with E-state index >= 15 is 0 Å². The first-order valence-electron chi connectivity index (χ1n) is 11.4. The molecule has 3 aromatic carbocycles. The van der Waals surface area contributed by atoms with Gasteiger partial charge in [0.05, 0.1) is 12.1 Å². The van der Waals surface area contributed by atoms with E-state index < -0.39 is 5.97 Å². The third kappa shape index (κ3) is 6.80. The van der Waals surface area contributed by atoms with Crippen molar-refractivity contribution >= 4 is 23.0 Å². The minimum Gasteiger partial charge on any atom is -0.490 e. The number of carboxylic acids is 1. The van der Waals surface area contributed by atoms with Crippen LogP contribution in [0.3, 0.4) is 0 Å². The van der Waals surface area contributed by atoms with Crippen molar-refractivity contribution < 1.29 is 19.5 Å². The van der Waals surface area contributed by atoms with Gasteiger partial charge in [-0.15, -0.1) is 0 Å². The Balaban J connectivity index is 1.41. The summed E-state index contributed by atoms with van der Waals surface area (Å²) in [6, 6.07) is 26.2. The van der Waals surface area contributed by atoms with Crippen LogP contribution < -0.4 is 4.74 Å². The molecule has 0 saturated carbocycles. The average molecular weight is 486 g/mol. The molecule has 0 aliphatic heterocycles. The number of aliphatic carboxylic acids is 1. The van der Waals surface area contributed by atoms with Gasteiger partial charge in [-0.1, -0.05) is 71.9 Å². The first-order valence-corrected chi connectivity index (χ1v) is 12.3. The van der Waals surface area contributed by atoms with Gasteiger partial charge in [0.1, 0.15) is 12.4 Å². The van der Waals surface area contributed by atoms with Gasteiger partial charge in [0, 0.05) is 6.42 Å². The largest absolute Gasteiger partial charge is 0.490 e. The maximum absolute atomic E-state index is 11.0. The molecule has 178 valence electrons. The number of carbonyl (C=O) groups is 1. The second kappa shape index (κ2) is 12.0. The zero-order valence-corrected chi connectivity index (χ0v) is 20.3. The highest BCUT2D eigenvalue weighted by atomic mass is 32.1. The van der Waals surface area contributed by atoms with Crippen molar-refractivity contribution in [3.63, 3.8) is 0 Å². The number of carboxylic acid groups (broad SMARTS) is 1. The molecule has 1 N–H and O–H groups in total. The number of hydrogen-bond donors (Lipinski definition) is 1. The third-order valence-electron chi connectivity index (χ3n) is 5.62. The molecule has 4 aromatic rings. The topological polar surface area (TPSA) is 68.1 Å². The maximum Gasteiger partial charge on any atom is 0.307 e. The highest BCUT2D eigenvalue weighted by molar-refractivity contribution is 7.08. The van der Waals surface area contributed by atoms with Crippen molar-refractivity contribution in [3.8, 4) is 16.9 Å². The van der Waals surface area contributed by atoms with Crippen LogP contribution in [0.1, 0.15) is 22.3 Å². The maximum atomic E-state index is 11.0. The molecule has 0 radical (unpaired) electrons. The van der Waals surface area contributed by atoms with E-state index in [1.54, 1.807) is 23.5 Å². The van der Waals surface area contributed by atoms with Crippen LogP contribution in [0.5, 0.6) is 5.75 Å². The molecule has 0 spiro atoms. The summed E-state index contributed by atoms with van der Waals surface area (Å²) < 4.78 is 5.83. The van der Waals surface area contributed by atoms with Gasteiger partial charge in [-0.2, -0.15) is 11.3 Å². The Bertz CT molecular complexity index is 1270. The van der Waals surface area contributed by atoms with Crippen LogP contribution in [0.2, 0.25) is 0 Å². The van der Waals surface area contributed by atoms with E-state index in [1.807, 2.05) is 31.2 Å². The molecule has 0 saturated heterocycles. The second-order valence-corrected chi connectivity index (χ2v) is 8.86. The van der Waals surface area contributed by atoms with Crippen molar-refractivity contribution in [2.75, 3.05) is 13.2 Å². The average Bonchev–Trinajstić information content (AvgIpc) is 3.39. The lowest BCUT2D eigenvalue weighted by atomic mass is 10.00. The lowest BCUT2D eigenvalue weighted by Crippen LogP contribution is -2.10. The van der Waals surface area contributed by atoms with Crippen LogP contribution in [-0.4, -0.2) is 30.0 Å². The molecule has 0 unspecified atom stereocenters. The van der Waals surface area contributed by atoms with Gasteiger partial charge < -0.3 is 14.7 Å². The van der Waals surface area contributed by atoms with Crippen molar-refractivity contribution in [2.24, 2.45) is 5.16 Å². The van der Waals surface area contributed by atoms with E-state index in [-0.39, 0.29) is 13.0 Å². The summed E-state index contributed by atoms with van der Waals surface area (Å²) in [6.45, 7) is 2.45. The van der Waals surface area contributed by atoms with Crippen molar-refractivity contribution in [2.45, 2.75) is 19.8 Å². The van der Waals surface area contributed by atoms with Crippen molar-refractivity contribution in [1.29, 1.82) is 0 Å². The first-order chi connectivity index (χ1) is 17.1. The Morgan fingerprint density at radius 2 is 1.66 bits per heavy atom. The van der Waals surface area contributed by atoms with Gasteiger partial charge in [-0.3, -0.25) is 4.79 Å². The molecular formula is C29H27NO4S. The minimum atomic E-state index is -0.863. The van der Waals surface area contributed by atoms with Crippen LogP contribution in [0, 0.1) is 6.92 Å². The minimum absolute atomic E-state index is 0.0289. The Hall–Kier alpha value is -3.90. The number of oxime groups is 1. The SMILES string of the molecule is Cc1c(CC(=O)O)cccc1OCCON=C(Cc1ccsc1)c1ccc(-c2ccccc2)cc1. The van der Waals surface area contributed by atoms with Gasteiger partial charge in [-0.05, 0) is 63.2 Å². The quantitative estimate of drug-likeness (QED) is 0.152. The van der Waals surface area contributed by atoms with E-state index in [2.05, 4.69) is 58.4 Å². The Kier molecular flexibility index (Phi) is 8.30. The van der Waals surface area contributed by atoms with Gasteiger partial charge in [0.15, 0.2) is 6.61 Å². The number of thiophene rings is 1. The number of ether oxygens (including phenoxy) is 1. The van der Waals surface area contributed by atoms with Crippen LogP contribution in [0.25, 0.3) is 11.1 Å². The fraction of sp³-hybridized carbons (Fsp3) is 0.172. The normalized spacial score (nSPS) is 11.3. The number of nitrogens with zero attached hydrogens (tertiary/aromatic N) is 1. The predicted octanol–water partition coefficient (Wildman–Crippen LogP) is 6.39. The Morgan fingerprint density at radius 3 is 2.37 bits per heavy atom. The zero-order valence-electron chi connectivity index (χ0n) is 19.5. The van der Waals surface area contributed by atoms with E-state index in [9.17, 15) is 4.79 Å². The first kappa shape index (κ1) is 24.2. The van der Waals surface area contributed by atoms with E-state index in [0.717, 1.165) is 28.0 Å². The highest BCUT2D eigenvalue weighted by Crippen LogP contribution is 2.22. The van der Waals surface area contributed by atoms with Crippen molar-refractivity contribution in [1.82, 2.24) is 0 Å². The lowest BCUT2D eigenvalue weighted by molar-refractivity contribution is -0.136. The van der Waals surface area contributed by atoms with Gasteiger partial charge in [0.25, 0.3) is 0 Å². The number of rotatable bonds is 11. The van der Waals surface area contributed by atoms with Gasteiger partial charge in [-0.25, -0.2) is 0 Å². The molecule has 1 heterocycles. The molecule has 6 heteroatoms. The second-order valence-electron chi connectivity index (χ2n) is 8.08. The van der Waals surface area contributed by atoms with Crippen LogP contribution in [0.15, 0.2) is 94.8 Å². The third-order valence-corrected chi connectivity index (χ3v) is 6.35. The van der Waals surface area contributed by atoms with Gasteiger partial charge in [0.2, 0.25) is 0 Å². The molecule has 0 fully saturated rings. The summed E-state index contributed by atoms with van der Waals surface area (Å²) in [5.74, 6) is -0.204. The van der Waals surface area contributed by atoms with Crippen LogP contribution in [0.4, 0.5) is 0 Å². The summed E-state index contributed by atoms with van der Waals surface area (Å²) in [7, 11) is 0. The van der Waals surface area contributed by atoms with Crippen LogP contribution >= 0.6 is 11.3 Å². The molecule has 0 bridgehead atoms. The fourth-order valence-electron chi connectivity index (χ4n) is 3.74. The summed E-state index contributed by atoms with van der Waals surface area (Å²) in [5.41, 5.74) is 6.94. The summed E-state index contributed by atoms with van der Waals surface area (Å²) in [4.78, 5) is 16.7. The fourth-order valence-corrected chi connectivity index (χ4v) is 4.41. The zero-order chi connectivity index (χ0) is 24.5. The van der Waals surface area contributed by atoms with E-state index in [1.165, 1.54) is 11.1 Å². The monoisotopic (exact) mass is 485 g/mol. The standard InChI is InChI=1S/C29H27NO4S/c1-21-26(19-29(31)32)8-5-9-28(21)33-15-16-34-30-27(18-22-14-17-35-20-22)25-12-10-24(11-13-25)23-6-3-2-4-7-23/h2-14,17,20H,15-16,18-19H2,1H3,(H,31,32). The molecular weight excluding hydrogens is 458 g/mol. The molecule has 5 nitrogen and oxygen atoms in total. The number of hydrogen-bond acceptors (Lipinski definition) is 5. The lowest BCUT2D eigenvalue weighted by Gasteiger charge is -2.12. The Morgan fingerprint density at radius 1 is 0.886 bits per heavy atom. The van der Waals surface area contributed by atoms with E-state index in [0.29, 0.717) is 18.8 Å². The summed E-state index contributed by atoms with van der Waals surface area (Å²) >= 11 is 1.66. The smallest absolute Gasteiger partial charge is 0.307 e. The summed E-state index contributed by atoms with van der Waals surface area (Å²) in [6.07, 6.45) is 0.643. The molecule has 0 aliphatic rings. The highest BCUT2D eigenvalue weighted by Gasteiger charge is 2.10. The van der Waals surface area contributed by atoms with Crippen molar-refractivity contribution in [3.05, 3.63) is 112 Å². The predicted molar refractivity (Wildman–Crippen MR) is 140 cm³/mol.